The monoisotopic (exact) mass is 510 g/mol. The number of nitrogens with zero attached hydrogens (tertiary/aromatic N) is 1. The number of hydrogen-bond donors (Lipinski definition) is 2. The van der Waals surface area contributed by atoms with E-state index in [2.05, 4.69) is 20.8 Å². The van der Waals surface area contributed by atoms with Gasteiger partial charge in [-0.15, -0.1) is 11.3 Å². The molecule has 0 spiro atoms. The molecule has 3 N–H and O–H groups in total. The highest BCUT2D eigenvalue weighted by Crippen LogP contribution is 2.44. The van der Waals surface area contributed by atoms with Gasteiger partial charge in [0.2, 0.25) is 10.0 Å². The van der Waals surface area contributed by atoms with Crippen LogP contribution in [0.15, 0.2) is 70.4 Å². The summed E-state index contributed by atoms with van der Waals surface area (Å²) in [5.74, 6) is -1.86. The van der Waals surface area contributed by atoms with Crippen LogP contribution in [0, 0.1) is 6.92 Å². The van der Waals surface area contributed by atoms with Crippen LogP contribution >= 0.6 is 11.3 Å². The van der Waals surface area contributed by atoms with Crippen LogP contribution in [0.5, 0.6) is 0 Å². The molecular formula is C26H26N2O5S2. The number of carbonyl (C=O) groups is 2. The largest absolute Gasteiger partial charge is 0.507 e. The fourth-order valence-corrected chi connectivity index (χ4v) is 5.44. The molecule has 0 aliphatic carbocycles. The third kappa shape index (κ3) is 4.54. The van der Waals surface area contributed by atoms with Gasteiger partial charge in [0.1, 0.15) is 11.8 Å². The van der Waals surface area contributed by atoms with Crippen molar-refractivity contribution in [2.75, 3.05) is 4.90 Å². The maximum Gasteiger partial charge on any atom is 0.300 e. The maximum absolute atomic E-state index is 13.3. The summed E-state index contributed by atoms with van der Waals surface area (Å²) in [6.07, 6.45) is 0. The molecule has 1 unspecified atom stereocenters. The van der Waals surface area contributed by atoms with Gasteiger partial charge in [0, 0.05) is 16.1 Å². The van der Waals surface area contributed by atoms with E-state index in [0.717, 1.165) is 11.1 Å². The third-order valence-corrected chi connectivity index (χ3v) is 7.91. The lowest BCUT2D eigenvalue weighted by Gasteiger charge is -2.25. The number of aliphatic hydroxyl groups excluding tert-OH is 1. The molecule has 0 saturated carbocycles. The van der Waals surface area contributed by atoms with Crippen molar-refractivity contribution < 1.29 is 23.1 Å². The second-order valence-corrected chi connectivity index (χ2v) is 12.0. The first-order valence-corrected chi connectivity index (χ1v) is 13.3. The molecule has 1 saturated heterocycles. The van der Waals surface area contributed by atoms with Crippen LogP contribution in [0.1, 0.15) is 48.4 Å². The van der Waals surface area contributed by atoms with Crippen LogP contribution < -0.4 is 10.0 Å². The van der Waals surface area contributed by atoms with Crippen molar-refractivity contribution in [1.29, 1.82) is 0 Å². The number of sulfonamides is 1. The summed E-state index contributed by atoms with van der Waals surface area (Å²) in [4.78, 5) is 28.4. The molecule has 9 heteroatoms. The minimum Gasteiger partial charge on any atom is -0.507 e. The van der Waals surface area contributed by atoms with Crippen LogP contribution in [0.25, 0.3) is 5.76 Å². The van der Waals surface area contributed by atoms with Crippen molar-refractivity contribution in [2.24, 2.45) is 5.14 Å². The first-order chi connectivity index (χ1) is 16.3. The lowest BCUT2D eigenvalue weighted by atomic mass is 9.84. The summed E-state index contributed by atoms with van der Waals surface area (Å²) in [6, 6.07) is 13.9. The highest BCUT2D eigenvalue weighted by Gasteiger charge is 2.47. The second kappa shape index (κ2) is 8.75. The van der Waals surface area contributed by atoms with Crippen LogP contribution in [0.4, 0.5) is 5.69 Å². The predicted molar refractivity (Wildman–Crippen MR) is 137 cm³/mol. The highest BCUT2D eigenvalue weighted by atomic mass is 32.2. The highest BCUT2D eigenvalue weighted by molar-refractivity contribution is 7.89. The summed E-state index contributed by atoms with van der Waals surface area (Å²) in [7, 11) is -3.92. The first-order valence-electron chi connectivity index (χ1n) is 10.9. The van der Waals surface area contributed by atoms with Gasteiger partial charge < -0.3 is 5.11 Å². The van der Waals surface area contributed by atoms with E-state index in [4.69, 9.17) is 5.14 Å². The van der Waals surface area contributed by atoms with Gasteiger partial charge in [-0.25, -0.2) is 13.6 Å². The lowest BCUT2D eigenvalue weighted by Crippen LogP contribution is -2.29. The topological polar surface area (TPSA) is 118 Å². The Hall–Kier alpha value is -3.27. The van der Waals surface area contributed by atoms with Crippen LogP contribution in [-0.4, -0.2) is 25.2 Å². The number of hydrogen-bond acceptors (Lipinski definition) is 6. The number of Topliss-reactive ketones (excluding diaryl/α,β-unsaturated/α-hetero) is 1. The van der Waals surface area contributed by atoms with Crippen LogP contribution in [-0.2, 0) is 25.0 Å². The average molecular weight is 511 g/mol. The zero-order chi connectivity index (χ0) is 25.7. The fraction of sp³-hybridized carbons (Fsp3) is 0.231. The summed E-state index contributed by atoms with van der Waals surface area (Å²) < 4.78 is 23.3. The predicted octanol–water partition coefficient (Wildman–Crippen LogP) is 4.63. The number of primary sulfonamides is 1. The Balaban J connectivity index is 1.92. The van der Waals surface area contributed by atoms with Gasteiger partial charge in [-0.05, 0) is 65.2 Å². The SMILES string of the molecule is Cc1ccc(C(C)(C)C)cc1/C(O)=C1\C(=O)C(=O)N(c2ccc(S(N)(=O)=O)cc2)C1c1cccs1. The van der Waals surface area contributed by atoms with E-state index < -0.39 is 27.8 Å². The van der Waals surface area contributed by atoms with E-state index in [9.17, 15) is 23.1 Å². The number of anilines is 1. The number of carbonyl (C=O) groups excluding carboxylic acids is 2. The number of aliphatic hydroxyl groups is 1. The Kier molecular flexibility index (Phi) is 6.21. The van der Waals surface area contributed by atoms with Gasteiger partial charge in [-0.2, -0.15) is 0 Å². The Morgan fingerprint density at radius 3 is 2.26 bits per heavy atom. The molecule has 1 aromatic heterocycles. The van der Waals surface area contributed by atoms with Crippen molar-refractivity contribution in [3.8, 4) is 0 Å². The van der Waals surface area contributed by atoms with Gasteiger partial charge >= 0.3 is 0 Å². The molecule has 182 valence electrons. The molecule has 0 radical (unpaired) electrons. The molecule has 35 heavy (non-hydrogen) atoms. The van der Waals surface area contributed by atoms with Crippen molar-refractivity contribution in [3.63, 3.8) is 0 Å². The first kappa shape index (κ1) is 24.8. The summed E-state index contributed by atoms with van der Waals surface area (Å²) in [6.45, 7) is 8.00. The van der Waals surface area contributed by atoms with Gasteiger partial charge in [0.05, 0.1) is 10.5 Å². The number of ketones is 1. The molecule has 7 nitrogen and oxygen atoms in total. The minimum atomic E-state index is -3.92. The fourth-order valence-electron chi connectivity index (χ4n) is 4.10. The van der Waals surface area contributed by atoms with Crippen molar-refractivity contribution >= 4 is 44.5 Å². The average Bonchev–Trinajstić information content (AvgIpc) is 3.39. The van der Waals surface area contributed by atoms with Crippen molar-refractivity contribution in [1.82, 2.24) is 0 Å². The summed E-state index contributed by atoms with van der Waals surface area (Å²) >= 11 is 1.35. The van der Waals surface area contributed by atoms with E-state index in [0.29, 0.717) is 16.1 Å². The summed E-state index contributed by atoms with van der Waals surface area (Å²) in [5, 5.41) is 18.5. The number of benzene rings is 2. The molecule has 1 aliphatic heterocycles. The Morgan fingerprint density at radius 1 is 1.06 bits per heavy atom. The Labute approximate surface area is 208 Å². The third-order valence-electron chi connectivity index (χ3n) is 6.06. The number of rotatable bonds is 4. The van der Waals surface area contributed by atoms with E-state index in [1.165, 1.54) is 40.5 Å². The molecule has 2 heterocycles. The maximum atomic E-state index is 13.3. The Bertz CT molecular complexity index is 1450. The van der Waals surface area contributed by atoms with Crippen molar-refractivity contribution in [2.45, 2.75) is 44.0 Å². The number of aryl methyl sites for hydroxylation is 1. The van der Waals surface area contributed by atoms with Gasteiger partial charge in [0.15, 0.2) is 0 Å². The normalized spacial score (nSPS) is 18.3. The van der Waals surface area contributed by atoms with Gasteiger partial charge in [0.25, 0.3) is 11.7 Å². The number of amides is 1. The standard InChI is InChI=1S/C26H26N2O5S2/c1-15-7-8-16(26(2,3)4)14-19(15)23(29)21-22(20-6-5-13-34-20)28(25(31)24(21)30)17-9-11-18(12-10-17)35(27,32)33/h5-14,22,29H,1-4H3,(H2,27,32,33)/b23-21+. The van der Waals surface area contributed by atoms with Crippen LogP contribution in [0.2, 0.25) is 0 Å². The smallest absolute Gasteiger partial charge is 0.300 e. The van der Waals surface area contributed by atoms with E-state index in [-0.39, 0.29) is 21.6 Å². The Morgan fingerprint density at radius 2 is 1.71 bits per heavy atom. The minimum absolute atomic E-state index is 0.0119. The van der Waals surface area contributed by atoms with E-state index >= 15 is 0 Å². The molecule has 1 atom stereocenters. The zero-order valence-electron chi connectivity index (χ0n) is 19.8. The van der Waals surface area contributed by atoms with Gasteiger partial charge in [-0.1, -0.05) is 39.0 Å². The molecule has 2 aromatic carbocycles. The molecular weight excluding hydrogens is 484 g/mol. The van der Waals surface area contributed by atoms with Crippen molar-refractivity contribution in [3.05, 3.63) is 87.1 Å². The lowest BCUT2D eigenvalue weighted by molar-refractivity contribution is -0.132. The van der Waals surface area contributed by atoms with E-state index in [1.54, 1.807) is 12.1 Å². The molecule has 3 aromatic rings. The molecule has 1 amide bonds. The van der Waals surface area contributed by atoms with Crippen LogP contribution in [0.3, 0.4) is 0 Å². The molecule has 4 rings (SSSR count). The quantitative estimate of drug-likeness (QED) is 0.301. The van der Waals surface area contributed by atoms with Gasteiger partial charge in [-0.3, -0.25) is 14.5 Å². The van der Waals surface area contributed by atoms with E-state index in [1.807, 2.05) is 30.5 Å². The number of thiophene rings is 1. The molecule has 1 aliphatic rings. The summed E-state index contributed by atoms with van der Waals surface area (Å²) in [5.41, 5.74) is 2.35. The second-order valence-electron chi connectivity index (χ2n) is 9.50. The molecule has 1 fully saturated rings. The zero-order valence-corrected chi connectivity index (χ0v) is 21.4. The molecule has 0 bridgehead atoms. The number of nitrogens with two attached hydrogens (primary N) is 1.